The van der Waals surface area contributed by atoms with Gasteiger partial charge < -0.3 is 15.3 Å². The van der Waals surface area contributed by atoms with E-state index < -0.39 is 12.1 Å². The standard InChI is InChI=1S/C32H37NO.C18H19N.C14H19ClO.C2HF3O2/c1-32(2,3)29-18-16-25(17-19-29)30(34)15-10-22-33-23-20-28(21-24-33)31(26-11-6-4-7-12-26)27-13-8-5-9-14-27;1-3-7-15(8-4-1)18(16-9-5-2-6-10-16)17-11-13-19-14-12-17;1-14(2,3)12-8-6-11(7-9-12)13(16)5-4-10-15;3-2(4,5)1(6)7/h4-9,11-14,16-19H,10,15,20-24H2,1-3H3;1-10,19H,11-14H2;6-9H,4-5,10H2,1-3H3;(H,6,7). The largest absolute Gasteiger partial charge is 0.490 e. The van der Waals surface area contributed by atoms with Crippen LogP contribution in [0.2, 0.25) is 0 Å². The van der Waals surface area contributed by atoms with Gasteiger partial charge in [-0.3, -0.25) is 9.59 Å². The highest BCUT2D eigenvalue weighted by Crippen LogP contribution is 2.34. The molecule has 0 saturated carbocycles. The number of hydrogen-bond acceptors (Lipinski definition) is 5. The van der Waals surface area contributed by atoms with Crippen molar-refractivity contribution >= 4 is 40.3 Å². The van der Waals surface area contributed by atoms with Crippen LogP contribution in [-0.4, -0.2) is 72.3 Å². The molecule has 402 valence electrons. The number of benzene rings is 6. The van der Waals surface area contributed by atoms with E-state index in [1.165, 1.54) is 44.5 Å². The maximum atomic E-state index is 12.7. The smallest absolute Gasteiger partial charge is 0.475 e. The van der Waals surface area contributed by atoms with Crippen LogP contribution in [-0.2, 0) is 15.6 Å². The Balaban J connectivity index is 0.000000214. The van der Waals surface area contributed by atoms with E-state index in [2.05, 4.69) is 185 Å². The average Bonchev–Trinajstić information content (AvgIpc) is 3.42. The Morgan fingerprint density at radius 1 is 0.487 bits per heavy atom. The van der Waals surface area contributed by atoms with Crippen molar-refractivity contribution in [1.29, 1.82) is 0 Å². The second-order valence-corrected chi connectivity index (χ2v) is 21.6. The van der Waals surface area contributed by atoms with Crippen molar-refractivity contribution in [1.82, 2.24) is 10.2 Å². The Kier molecular flexibility index (Phi) is 23.7. The molecular formula is C66H76ClF3N2O4. The Morgan fingerprint density at radius 2 is 0.803 bits per heavy atom. The van der Waals surface area contributed by atoms with E-state index in [-0.39, 0.29) is 22.4 Å². The number of carbonyl (C=O) groups is 3. The van der Waals surface area contributed by atoms with Crippen LogP contribution in [0.15, 0.2) is 181 Å². The van der Waals surface area contributed by atoms with E-state index in [0.29, 0.717) is 18.7 Å². The Bertz CT molecular complexity index is 2680. The minimum absolute atomic E-state index is 0.115. The molecule has 2 saturated heterocycles. The molecule has 6 aromatic rings. The van der Waals surface area contributed by atoms with Gasteiger partial charge in [-0.05, 0) is 114 Å². The Labute approximate surface area is 455 Å². The maximum absolute atomic E-state index is 12.7. The zero-order chi connectivity index (χ0) is 55.1. The van der Waals surface area contributed by atoms with Gasteiger partial charge in [-0.25, -0.2) is 4.79 Å². The maximum Gasteiger partial charge on any atom is 0.490 e. The zero-order valence-electron chi connectivity index (χ0n) is 45.2. The van der Waals surface area contributed by atoms with Crippen LogP contribution in [0.25, 0.3) is 11.1 Å². The number of ketones is 2. The van der Waals surface area contributed by atoms with E-state index in [1.807, 2.05) is 36.4 Å². The summed E-state index contributed by atoms with van der Waals surface area (Å²) in [5.74, 6) is -1.77. The number of carboxylic acids is 1. The van der Waals surface area contributed by atoms with Gasteiger partial charge in [0.15, 0.2) is 11.6 Å². The number of nitrogens with one attached hydrogen (secondary N) is 1. The summed E-state index contributed by atoms with van der Waals surface area (Å²) in [4.78, 5) is 35.8. The van der Waals surface area contributed by atoms with Crippen molar-refractivity contribution in [2.45, 2.75) is 110 Å². The molecule has 10 heteroatoms. The van der Waals surface area contributed by atoms with E-state index in [4.69, 9.17) is 21.5 Å². The highest BCUT2D eigenvalue weighted by Gasteiger charge is 2.38. The third-order valence-corrected chi connectivity index (χ3v) is 13.7. The molecule has 0 spiro atoms. The first-order valence-electron chi connectivity index (χ1n) is 26.5. The van der Waals surface area contributed by atoms with Crippen molar-refractivity contribution in [3.05, 3.63) is 226 Å². The van der Waals surface area contributed by atoms with Crippen molar-refractivity contribution in [3.8, 4) is 0 Å². The van der Waals surface area contributed by atoms with Gasteiger partial charge in [0.1, 0.15) is 0 Å². The van der Waals surface area contributed by atoms with Gasteiger partial charge in [0.25, 0.3) is 0 Å². The number of carboxylic acid groups (broad SMARTS) is 1. The Morgan fingerprint density at radius 3 is 1.11 bits per heavy atom. The van der Waals surface area contributed by atoms with Crippen LogP contribution in [0.3, 0.4) is 0 Å². The Hall–Kier alpha value is -6.39. The molecule has 0 amide bonds. The van der Waals surface area contributed by atoms with Gasteiger partial charge in [0.2, 0.25) is 0 Å². The predicted octanol–water partition coefficient (Wildman–Crippen LogP) is 16.2. The lowest BCUT2D eigenvalue weighted by Crippen LogP contribution is -2.32. The highest BCUT2D eigenvalue weighted by molar-refractivity contribution is 6.18. The second-order valence-electron chi connectivity index (χ2n) is 21.2. The number of halogens is 4. The summed E-state index contributed by atoms with van der Waals surface area (Å²) >= 11 is 5.57. The summed E-state index contributed by atoms with van der Waals surface area (Å²) in [6.07, 6.45) is 2.22. The quantitative estimate of drug-likeness (QED) is 0.0885. The van der Waals surface area contributed by atoms with Crippen molar-refractivity contribution in [3.63, 3.8) is 0 Å². The number of Topliss-reactive ketones (excluding diaryl/α,β-unsaturated/α-hetero) is 2. The van der Waals surface area contributed by atoms with Crippen molar-refractivity contribution < 1.29 is 32.7 Å². The molecule has 0 bridgehead atoms. The normalized spacial score (nSPS) is 13.9. The molecule has 6 aromatic carbocycles. The minimum Gasteiger partial charge on any atom is -0.475 e. The molecule has 0 unspecified atom stereocenters. The van der Waals surface area contributed by atoms with Gasteiger partial charge in [-0.15, -0.1) is 11.6 Å². The molecule has 76 heavy (non-hydrogen) atoms. The molecule has 2 heterocycles. The topological polar surface area (TPSA) is 86.7 Å². The molecule has 2 N–H and O–H groups in total. The molecule has 2 aliphatic heterocycles. The predicted molar refractivity (Wildman–Crippen MR) is 307 cm³/mol. The van der Waals surface area contributed by atoms with Crippen molar-refractivity contribution in [2.24, 2.45) is 0 Å². The SMILES string of the molecule is CC(C)(C)c1ccc(C(=O)CCCCl)cc1.CC(C)(C)c1ccc(C(=O)CCCN2CCC(=C(c3ccccc3)c3ccccc3)CC2)cc1.O=C(O)C(F)(F)F.c1ccc(C(=C2CCNCC2)c2ccccc2)cc1. The number of hydrogen-bond donors (Lipinski definition) is 2. The third kappa shape index (κ3) is 19.6. The van der Waals surface area contributed by atoms with Gasteiger partial charge in [-0.1, -0.05) is 223 Å². The number of likely N-dealkylation sites (tertiary alicyclic amines) is 1. The molecule has 6 nitrogen and oxygen atoms in total. The number of alkyl halides is 4. The zero-order valence-corrected chi connectivity index (χ0v) is 46.0. The summed E-state index contributed by atoms with van der Waals surface area (Å²) in [5, 5.41) is 10.6. The second kappa shape index (κ2) is 29.8. The molecule has 2 fully saturated rings. The summed E-state index contributed by atoms with van der Waals surface area (Å²) in [7, 11) is 0. The van der Waals surface area contributed by atoms with Gasteiger partial charge in [-0.2, -0.15) is 13.2 Å². The van der Waals surface area contributed by atoms with Crippen molar-refractivity contribution in [2.75, 3.05) is 38.6 Å². The first-order valence-corrected chi connectivity index (χ1v) is 27.0. The molecule has 2 aliphatic rings. The van der Waals surface area contributed by atoms with E-state index >= 15 is 0 Å². The summed E-state index contributed by atoms with van der Waals surface area (Å²) in [5.41, 5.74) is 15.6. The lowest BCUT2D eigenvalue weighted by Gasteiger charge is -2.30. The fourth-order valence-electron chi connectivity index (χ4n) is 9.14. The lowest BCUT2D eigenvalue weighted by atomic mass is 9.86. The molecular weight excluding hydrogens is 977 g/mol. The van der Waals surface area contributed by atoms with Crippen LogP contribution in [0.4, 0.5) is 13.2 Å². The fourth-order valence-corrected chi connectivity index (χ4v) is 9.27. The van der Waals surface area contributed by atoms with Crippen LogP contribution in [0, 0.1) is 0 Å². The molecule has 8 rings (SSSR count). The van der Waals surface area contributed by atoms with E-state index in [9.17, 15) is 22.8 Å². The van der Waals surface area contributed by atoms with Gasteiger partial charge in [0.05, 0.1) is 0 Å². The number of piperidine rings is 2. The third-order valence-electron chi connectivity index (χ3n) is 13.4. The van der Waals surface area contributed by atoms with Crippen LogP contribution < -0.4 is 5.32 Å². The van der Waals surface area contributed by atoms with E-state index in [0.717, 1.165) is 82.4 Å². The van der Waals surface area contributed by atoms with Gasteiger partial charge >= 0.3 is 12.1 Å². The fraction of sp³-hybridized carbons (Fsp3) is 0.348. The first-order chi connectivity index (χ1) is 36.3. The van der Waals surface area contributed by atoms with Crippen LogP contribution >= 0.6 is 11.6 Å². The number of carbonyl (C=O) groups excluding carboxylic acids is 2. The summed E-state index contributed by atoms with van der Waals surface area (Å²) in [6, 6.07) is 59.2. The number of aliphatic carboxylic acids is 1. The van der Waals surface area contributed by atoms with E-state index in [1.54, 1.807) is 11.1 Å². The lowest BCUT2D eigenvalue weighted by molar-refractivity contribution is -0.192. The highest BCUT2D eigenvalue weighted by atomic mass is 35.5. The minimum atomic E-state index is -5.08. The van der Waals surface area contributed by atoms with Crippen LogP contribution in [0.1, 0.15) is 147 Å². The van der Waals surface area contributed by atoms with Crippen LogP contribution in [0.5, 0.6) is 0 Å². The number of nitrogens with zero attached hydrogens (tertiary/aromatic N) is 1. The molecule has 0 aromatic heterocycles. The van der Waals surface area contributed by atoms with Gasteiger partial charge in [0, 0.05) is 42.9 Å². The molecule has 0 radical (unpaired) electrons. The summed E-state index contributed by atoms with van der Waals surface area (Å²) < 4.78 is 31.7. The molecule has 0 aliphatic carbocycles. The number of rotatable bonds is 13. The average molecular weight is 1050 g/mol. The monoisotopic (exact) mass is 1050 g/mol. The summed E-state index contributed by atoms with van der Waals surface area (Å²) in [6.45, 7) is 18.4. The first kappa shape index (κ1) is 60.5. The molecule has 0 atom stereocenters.